The van der Waals surface area contributed by atoms with Crippen LogP contribution in [0.4, 0.5) is 4.39 Å². The number of rotatable bonds is 4. The third kappa shape index (κ3) is 3.79. The molecule has 2 N–H and O–H groups in total. The maximum atomic E-state index is 14.1. The van der Waals surface area contributed by atoms with E-state index in [4.69, 9.17) is 9.84 Å². The molecule has 0 spiro atoms. The van der Waals surface area contributed by atoms with E-state index in [2.05, 4.69) is 20.7 Å². The lowest BCUT2D eigenvalue weighted by atomic mass is 10.1. The molecule has 1 saturated heterocycles. The van der Waals surface area contributed by atoms with Crippen molar-refractivity contribution in [1.82, 2.24) is 4.72 Å². The van der Waals surface area contributed by atoms with Crippen LogP contribution in [-0.2, 0) is 14.8 Å². The Morgan fingerprint density at radius 2 is 2.19 bits per heavy atom. The van der Waals surface area contributed by atoms with Gasteiger partial charge in [-0.05, 0) is 25.0 Å². The lowest BCUT2D eigenvalue weighted by Crippen LogP contribution is -2.40. The molecular weight excluding hydrogens is 369 g/mol. The van der Waals surface area contributed by atoms with E-state index < -0.39 is 38.3 Å². The first kappa shape index (κ1) is 16.3. The number of carboxylic acids is 1. The molecular formula is C12H13BrFNO5S. The molecule has 6 nitrogen and oxygen atoms in total. The Balaban J connectivity index is 2.37. The summed E-state index contributed by atoms with van der Waals surface area (Å²) in [5.74, 6) is -2.82. The van der Waals surface area contributed by atoms with E-state index in [1.807, 2.05) is 0 Å². The number of carbonyl (C=O) groups is 1. The average molecular weight is 382 g/mol. The van der Waals surface area contributed by atoms with Crippen LogP contribution in [0.5, 0.6) is 0 Å². The predicted octanol–water partition coefficient (Wildman–Crippen LogP) is 1.74. The zero-order chi connectivity index (χ0) is 15.6. The average Bonchev–Trinajstić information content (AvgIpc) is 2.41. The topological polar surface area (TPSA) is 92.7 Å². The minimum Gasteiger partial charge on any atom is -0.478 e. The van der Waals surface area contributed by atoms with Crippen molar-refractivity contribution in [3.8, 4) is 0 Å². The second-order valence-electron chi connectivity index (χ2n) is 4.61. The molecule has 1 fully saturated rings. The number of nitrogens with one attached hydrogen (secondary N) is 1. The van der Waals surface area contributed by atoms with Gasteiger partial charge in [-0.1, -0.05) is 15.9 Å². The molecule has 2 rings (SSSR count). The molecule has 0 aromatic heterocycles. The monoisotopic (exact) mass is 381 g/mol. The van der Waals surface area contributed by atoms with Crippen LogP contribution in [0.1, 0.15) is 23.2 Å². The summed E-state index contributed by atoms with van der Waals surface area (Å²) in [6, 6.07) is 1.60. The van der Waals surface area contributed by atoms with Gasteiger partial charge >= 0.3 is 5.97 Å². The van der Waals surface area contributed by atoms with Gasteiger partial charge in [0.15, 0.2) is 5.82 Å². The number of ether oxygens (including phenoxy) is 1. The summed E-state index contributed by atoms with van der Waals surface area (Å²) in [5, 5.41) is 8.91. The number of aromatic carboxylic acids is 1. The second kappa shape index (κ2) is 6.39. The molecule has 1 heterocycles. The van der Waals surface area contributed by atoms with Crippen LogP contribution in [0.2, 0.25) is 0 Å². The number of benzene rings is 1. The molecule has 1 aliphatic heterocycles. The van der Waals surface area contributed by atoms with E-state index >= 15 is 0 Å². The lowest BCUT2D eigenvalue weighted by Gasteiger charge is -2.23. The van der Waals surface area contributed by atoms with Crippen molar-refractivity contribution in [2.24, 2.45) is 0 Å². The van der Waals surface area contributed by atoms with E-state index in [0.717, 1.165) is 12.1 Å². The molecule has 1 atom stereocenters. The molecule has 0 radical (unpaired) electrons. The Morgan fingerprint density at radius 1 is 1.48 bits per heavy atom. The fourth-order valence-corrected chi connectivity index (χ4v) is 4.02. The van der Waals surface area contributed by atoms with Crippen molar-refractivity contribution < 1.29 is 27.4 Å². The summed E-state index contributed by atoms with van der Waals surface area (Å²) in [6.07, 6.45) is 1.29. The minimum atomic E-state index is -4.17. The first-order valence-electron chi connectivity index (χ1n) is 6.13. The maximum absolute atomic E-state index is 14.1. The minimum absolute atomic E-state index is 0.168. The fraction of sp³-hybridized carbons (Fsp3) is 0.417. The summed E-state index contributed by atoms with van der Waals surface area (Å²) in [5.41, 5.74) is -0.704. The Hall–Kier alpha value is -1.03. The third-order valence-corrected chi connectivity index (χ3v) is 4.98. The molecule has 1 aromatic rings. The molecule has 21 heavy (non-hydrogen) atoms. The number of carboxylic acid groups (broad SMARTS) is 1. The van der Waals surface area contributed by atoms with Crippen LogP contribution in [0.25, 0.3) is 0 Å². The summed E-state index contributed by atoms with van der Waals surface area (Å²) in [7, 11) is -4.17. The highest BCUT2D eigenvalue weighted by atomic mass is 79.9. The summed E-state index contributed by atoms with van der Waals surface area (Å²) >= 11 is 2.99. The number of halogens is 2. The normalized spacial score (nSPS) is 19.4. The highest BCUT2D eigenvalue weighted by Gasteiger charge is 2.28. The molecule has 116 valence electrons. The largest absolute Gasteiger partial charge is 0.478 e. The first-order chi connectivity index (χ1) is 9.81. The fourth-order valence-electron chi connectivity index (χ4n) is 2.03. The van der Waals surface area contributed by atoms with E-state index in [9.17, 15) is 17.6 Å². The maximum Gasteiger partial charge on any atom is 0.338 e. The quantitative estimate of drug-likeness (QED) is 0.828. The van der Waals surface area contributed by atoms with Crippen LogP contribution < -0.4 is 4.72 Å². The van der Waals surface area contributed by atoms with Gasteiger partial charge in [0, 0.05) is 17.1 Å². The van der Waals surface area contributed by atoms with Crippen LogP contribution in [0.15, 0.2) is 21.5 Å². The van der Waals surface area contributed by atoms with Gasteiger partial charge in [0.1, 0.15) is 4.90 Å². The molecule has 1 aromatic carbocycles. The van der Waals surface area contributed by atoms with Gasteiger partial charge < -0.3 is 9.84 Å². The Bertz CT molecular complexity index is 658. The van der Waals surface area contributed by atoms with E-state index in [1.165, 1.54) is 0 Å². The van der Waals surface area contributed by atoms with Gasteiger partial charge in [-0.25, -0.2) is 22.3 Å². The molecule has 0 amide bonds. The van der Waals surface area contributed by atoms with E-state index in [1.54, 1.807) is 0 Å². The number of sulfonamides is 1. The summed E-state index contributed by atoms with van der Waals surface area (Å²) in [6.45, 7) is 0.771. The number of hydrogen-bond donors (Lipinski definition) is 2. The standard InChI is InChI=1S/C12H13BrFNO5S/c13-7-4-9(12(16)17)11(14)10(5-7)21(18,19)15-8-2-1-3-20-6-8/h4-5,8,15H,1-3,6H2,(H,16,17). The third-order valence-electron chi connectivity index (χ3n) is 3.01. The highest BCUT2D eigenvalue weighted by molar-refractivity contribution is 9.10. The SMILES string of the molecule is O=C(O)c1cc(Br)cc(S(=O)(=O)NC2CCCOC2)c1F. The van der Waals surface area contributed by atoms with Crippen LogP contribution in [0, 0.1) is 5.82 Å². The second-order valence-corrected chi connectivity index (χ2v) is 7.20. The van der Waals surface area contributed by atoms with Gasteiger partial charge in [0.25, 0.3) is 0 Å². The molecule has 9 heteroatoms. The van der Waals surface area contributed by atoms with Crippen LogP contribution in [-0.4, -0.2) is 38.7 Å². The Kier molecular flexibility index (Phi) is 4.97. The highest BCUT2D eigenvalue weighted by Crippen LogP contribution is 2.25. The van der Waals surface area contributed by atoms with Crippen molar-refractivity contribution >= 4 is 31.9 Å². The van der Waals surface area contributed by atoms with E-state index in [-0.39, 0.29) is 11.1 Å². The number of hydrogen-bond acceptors (Lipinski definition) is 4. The van der Waals surface area contributed by atoms with Crippen LogP contribution in [0.3, 0.4) is 0 Å². The predicted molar refractivity (Wildman–Crippen MR) is 75.2 cm³/mol. The van der Waals surface area contributed by atoms with Gasteiger partial charge in [-0.15, -0.1) is 0 Å². The smallest absolute Gasteiger partial charge is 0.338 e. The van der Waals surface area contributed by atoms with Gasteiger partial charge in [-0.3, -0.25) is 0 Å². The Labute approximate surface area is 129 Å². The molecule has 1 unspecified atom stereocenters. The van der Waals surface area contributed by atoms with Crippen molar-refractivity contribution in [1.29, 1.82) is 0 Å². The van der Waals surface area contributed by atoms with Crippen molar-refractivity contribution in [3.05, 3.63) is 28.0 Å². The summed E-state index contributed by atoms with van der Waals surface area (Å²) < 4.78 is 46.2. The zero-order valence-corrected chi connectivity index (χ0v) is 13.2. The van der Waals surface area contributed by atoms with Crippen LogP contribution >= 0.6 is 15.9 Å². The van der Waals surface area contributed by atoms with Crippen molar-refractivity contribution in [3.63, 3.8) is 0 Å². The molecule has 0 bridgehead atoms. The first-order valence-corrected chi connectivity index (χ1v) is 8.41. The van der Waals surface area contributed by atoms with Gasteiger partial charge in [0.05, 0.1) is 12.2 Å². The van der Waals surface area contributed by atoms with Crippen molar-refractivity contribution in [2.75, 3.05) is 13.2 Å². The van der Waals surface area contributed by atoms with E-state index in [0.29, 0.717) is 19.4 Å². The van der Waals surface area contributed by atoms with Gasteiger partial charge in [-0.2, -0.15) is 0 Å². The Morgan fingerprint density at radius 3 is 2.76 bits per heavy atom. The zero-order valence-electron chi connectivity index (χ0n) is 10.8. The molecule has 0 aliphatic carbocycles. The van der Waals surface area contributed by atoms with Gasteiger partial charge in [0.2, 0.25) is 10.0 Å². The molecule has 0 saturated carbocycles. The van der Waals surface area contributed by atoms with Crippen molar-refractivity contribution in [2.45, 2.75) is 23.8 Å². The lowest BCUT2D eigenvalue weighted by molar-refractivity contribution is 0.0691. The summed E-state index contributed by atoms with van der Waals surface area (Å²) in [4.78, 5) is 10.3. The molecule has 1 aliphatic rings.